The van der Waals surface area contributed by atoms with Gasteiger partial charge in [0.15, 0.2) is 0 Å². The molecule has 20 nitrogen and oxygen atoms in total. The number of rotatable bonds is 10. The van der Waals surface area contributed by atoms with Crippen molar-refractivity contribution in [1.29, 1.82) is 0 Å². The molecule has 401 valence electrons. The number of aliphatic imine (C=N–C) groups is 2. The largest absolute Gasteiger partial charge is 3.00 e. The average Bonchev–Trinajstić information content (AvgIpc) is 4.12. The fraction of sp³-hybridized carbons (Fsp3) is 0.375. The number of aliphatic hydroxyl groups excluding tert-OH is 2. The van der Waals surface area contributed by atoms with Crippen molar-refractivity contribution in [3.63, 3.8) is 0 Å². The second kappa shape index (κ2) is 44.7. The van der Waals surface area contributed by atoms with Gasteiger partial charge in [-0.1, -0.05) is 71.7 Å². The Labute approximate surface area is 465 Å². The molecule has 6 rings (SSSR count). The molecule has 25 heteroatoms. The van der Waals surface area contributed by atoms with Crippen LogP contribution in [0, 0.1) is 0 Å². The number of nitrogens with zero attached hydrogens (tertiary/aromatic N) is 2. The molecular weight excluding hydrogens is 1130 g/mol. The number of phenols is 2. The van der Waals surface area contributed by atoms with Gasteiger partial charge in [-0.25, -0.2) is 0 Å². The molecule has 2 fully saturated rings. The molecule has 0 saturated carbocycles. The summed E-state index contributed by atoms with van der Waals surface area (Å²) in [6.45, 7) is 7.36. The molecule has 0 unspecified atom stereocenters. The zero-order chi connectivity index (χ0) is 53.7. The summed E-state index contributed by atoms with van der Waals surface area (Å²) in [5, 5.41) is 119. The molecule has 0 amide bonds. The van der Waals surface area contributed by atoms with Crippen molar-refractivity contribution < 1.29 is 141 Å². The van der Waals surface area contributed by atoms with Crippen molar-refractivity contribution in [3.05, 3.63) is 117 Å². The summed E-state index contributed by atoms with van der Waals surface area (Å²) >= 11 is 10.9. The van der Waals surface area contributed by atoms with Crippen molar-refractivity contribution >= 4 is 59.5 Å². The molecule has 2 saturated heterocycles. The van der Waals surface area contributed by atoms with E-state index in [1.807, 2.05) is 0 Å². The van der Waals surface area contributed by atoms with Crippen LogP contribution in [0.2, 0.25) is 10.0 Å². The second-order valence-corrected chi connectivity index (χ2v) is 15.6. The molecule has 0 spiro atoms. The molecule has 1 radical (unpaired) electrons. The van der Waals surface area contributed by atoms with Gasteiger partial charge in [0, 0.05) is 72.0 Å². The molecule has 4 N–H and O–H groups in total. The first kappa shape index (κ1) is 77.1. The summed E-state index contributed by atoms with van der Waals surface area (Å²) in [4.78, 5) is 46.1. The van der Waals surface area contributed by atoms with Gasteiger partial charge in [-0.05, 0) is 101 Å². The smallest absolute Gasteiger partial charge is 0.872 e. The third kappa shape index (κ3) is 39.4. The van der Waals surface area contributed by atoms with Gasteiger partial charge in [-0.2, -0.15) is 0 Å². The number of halogens is 2. The SMILES string of the molecule is C1CCOC1.C1CCOC1.CC(=O)[O-].CC(=O)[O-].C[C@@](C[O-])(CO)N=Cc1ccccc1[O-].C[C@](C[O-])(CO)N=Cc1ccccc1[O-].O=C([O-])c1cc(Cl)ccc1O.O=C([O-])c1cc(Cl)ccc1O.[Mn+2].[Mn+3].[Mn+3]. The number of aromatic hydroxyl groups is 2. The Morgan fingerprint density at radius 2 is 0.863 bits per heavy atom. The quantitative estimate of drug-likeness (QED) is 0.104. The van der Waals surface area contributed by atoms with Crippen LogP contribution in [-0.4, -0.2) is 121 Å². The molecule has 73 heavy (non-hydrogen) atoms. The van der Waals surface area contributed by atoms with Crippen LogP contribution < -0.4 is 40.9 Å². The maximum absolute atomic E-state index is 11.3. The van der Waals surface area contributed by atoms with E-state index in [-0.39, 0.29) is 109 Å². The van der Waals surface area contributed by atoms with E-state index in [0.717, 1.165) is 52.4 Å². The molecule has 2 aliphatic heterocycles. The Kier molecular flexibility index (Phi) is 47.2. The van der Waals surface area contributed by atoms with Crippen LogP contribution in [-0.2, 0) is 70.3 Å². The Hall–Kier alpha value is -4.80. The first-order chi connectivity index (χ1) is 32.9. The molecule has 4 aromatic carbocycles. The minimum Gasteiger partial charge on any atom is -0.872 e. The van der Waals surface area contributed by atoms with Crippen LogP contribution in [0.15, 0.2) is 94.9 Å². The standard InChI is InChI=1S/2C11H14NO3.2C7H5ClO3.2C4H8O.2C2H4O2.3Mn/c2*1-11(7-13,8-14)12-6-9-4-2-3-5-10(9)15;2*8-4-1-2-6(9)5(3-4)7(10)11;2*1-2-4-5-3-1;2*1-2(3)4;;;/h2*2-6,13,15H,7-8H2,1H3;2*1-3,9H,(H,10,11);2*1-4H2;2*1H3,(H,3,4);;;/q2*-1;;;;;;;+2;2*+3/p-6/t2*11-;;;;;;;;;/m10........./s1. The number of aliphatic carboxylic acids is 2. The zero-order valence-corrected chi connectivity index (χ0v) is 45.1. The summed E-state index contributed by atoms with van der Waals surface area (Å²) in [6, 6.07) is 20.3. The predicted octanol–water partition coefficient (Wildman–Crippen LogP) is -1.50. The van der Waals surface area contributed by atoms with Crippen LogP contribution in [0.5, 0.6) is 23.0 Å². The molecular formula is C48H56Cl2Mn3N2O18. The molecule has 0 bridgehead atoms. The van der Waals surface area contributed by atoms with Crippen molar-refractivity contribution in [2.24, 2.45) is 9.98 Å². The van der Waals surface area contributed by atoms with Gasteiger partial charge in [0.25, 0.3) is 0 Å². The summed E-state index contributed by atoms with van der Waals surface area (Å²) in [7, 11) is 0. The number of carbonyl (C=O) groups excluding carboxylic acids is 4. The number of para-hydroxylation sites is 2. The topological polar surface area (TPSA) is 377 Å². The summed E-state index contributed by atoms with van der Waals surface area (Å²) in [6.07, 6.45) is 7.80. The first-order valence-corrected chi connectivity index (χ1v) is 21.6. The first-order valence-electron chi connectivity index (χ1n) is 20.8. The van der Waals surface area contributed by atoms with Crippen molar-refractivity contribution in [2.45, 2.75) is 64.5 Å². The number of carboxylic acids is 4. The van der Waals surface area contributed by atoms with Crippen LogP contribution in [0.3, 0.4) is 0 Å². The van der Waals surface area contributed by atoms with Gasteiger partial charge in [0.1, 0.15) is 11.5 Å². The van der Waals surface area contributed by atoms with Crippen molar-refractivity contribution in [2.75, 3.05) is 52.9 Å². The number of carbonyl (C=O) groups is 4. The molecule has 2 aliphatic rings. The number of hydrogen-bond acceptors (Lipinski definition) is 20. The van der Waals surface area contributed by atoms with Crippen molar-refractivity contribution in [1.82, 2.24) is 0 Å². The monoisotopic (exact) mass is 1180 g/mol. The molecule has 0 aliphatic carbocycles. The van der Waals surface area contributed by atoms with Gasteiger partial charge < -0.3 is 89.9 Å². The third-order valence-electron chi connectivity index (χ3n) is 8.18. The predicted molar refractivity (Wildman–Crippen MR) is 244 cm³/mol. The fourth-order valence-corrected chi connectivity index (χ4v) is 4.58. The van der Waals surface area contributed by atoms with E-state index in [1.165, 1.54) is 74.5 Å². The van der Waals surface area contributed by atoms with E-state index in [2.05, 4.69) is 9.98 Å². The summed E-state index contributed by atoms with van der Waals surface area (Å²) in [5.74, 6) is -6.02. The van der Waals surface area contributed by atoms with Gasteiger partial charge >= 0.3 is 51.2 Å². The van der Waals surface area contributed by atoms with E-state index in [9.17, 15) is 40.2 Å². The fourth-order valence-electron chi connectivity index (χ4n) is 4.24. The Balaban J connectivity index is -0.000000251. The Morgan fingerprint density at radius 1 is 0.589 bits per heavy atom. The van der Waals surface area contributed by atoms with Gasteiger partial charge in [0.05, 0.1) is 36.2 Å². The van der Waals surface area contributed by atoms with E-state index in [4.69, 9.17) is 72.9 Å². The number of benzene rings is 4. The number of hydrogen-bond donors (Lipinski definition) is 4. The van der Waals surface area contributed by atoms with E-state index < -0.39 is 48.2 Å². The Morgan fingerprint density at radius 3 is 1.05 bits per heavy atom. The second-order valence-electron chi connectivity index (χ2n) is 14.7. The maximum atomic E-state index is 11.3. The minimum atomic E-state index is -1.44. The van der Waals surface area contributed by atoms with Crippen LogP contribution in [0.1, 0.15) is 85.2 Å². The normalized spacial score (nSPS) is 13.2. The number of aromatic carboxylic acids is 2. The number of ether oxygens (including phenoxy) is 2. The Bertz CT molecular complexity index is 2030. The molecule has 2 atom stereocenters. The van der Waals surface area contributed by atoms with Gasteiger partial charge in [0.2, 0.25) is 0 Å². The van der Waals surface area contributed by atoms with Crippen LogP contribution in [0.4, 0.5) is 0 Å². The summed E-state index contributed by atoms with van der Waals surface area (Å²) < 4.78 is 9.89. The molecule has 2 heterocycles. The maximum Gasteiger partial charge on any atom is 3.00 e. The molecule has 4 aromatic rings. The van der Waals surface area contributed by atoms with E-state index >= 15 is 0 Å². The van der Waals surface area contributed by atoms with Crippen molar-refractivity contribution in [3.8, 4) is 23.0 Å². The molecule has 0 aromatic heterocycles. The third-order valence-corrected chi connectivity index (χ3v) is 8.65. The van der Waals surface area contributed by atoms with Crippen LogP contribution in [0.25, 0.3) is 0 Å². The number of carboxylic acid groups (broad SMARTS) is 4. The van der Waals surface area contributed by atoms with E-state index in [1.54, 1.807) is 50.2 Å². The van der Waals surface area contributed by atoms with E-state index in [0.29, 0.717) is 11.1 Å². The number of aliphatic hydroxyl groups is 2. The van der Waals surface area contributed by atoms with Gasteiger partial charge in [-0.15, -0.1) is 24.7 Å². The minimum absolute atomic E-state index is 0. The zero-order valence-electron chi connectivity index (χ0n) is 40.0. The van der Waals surface area contributed by atoms with Crippen LogP contribution >= 0.6 is 23.2 Å². The summed E-state index contributed by atoms with van der Waals surface area (Å²) in [5.41, 5.74) is -1.82. The average molecular weight is 1180 g/mol. The van der Waals surface area contributed by atoms with Gasteiger partial charge in [-0.3, -0.25) is 9.98 Å².